The lowest BCUT2D eigenvalue weighted by atomic mass is 10.4. The molecule has 4 N–H and O–H groups in total. The summed E-state index contributed by atoms with van der Waals surface area (Å²) in [5.41, 5.74) is 5.31. The Hall–Kier alpha value is -0.400. The smallest absolute Gasteiger partial charge is 0.321 e. The molecule has 0 spiro atoms. The van der Waals surface area contributed by atoms with Crippen LogP contribution in [0, 0.1) is 0 Å². The van der Waals surface area contributed by atoms with Crippen LogP contribution in [0.5, 0.6) is 0 Å². The number of carboxylic acids is 1. The monoisotopic (exact) mass is 252 g/mol. The molecule has 5 nitrogen and oxygen atoms in total. The highest BCUT2D eigenvalue weighted by Crippen LogP contribution is 2.12. The van der Waals surface area contributed by atoms with Crippen molar-refractivity contribution in [2.45, 2.75) is 18.9 Å². The molecule has 0 saturated carbocycles. The number of hydrogen-bond acceptors (Lipinski definition) is 6. The summed E-state index contributed by atoms with van der Waals surface area (Å²) < 4.78 is 0. The maximum Gasteiger partial charge on any atom is 0.321 e. The fraction of sp³-hybridized carbons (Fsp3) is 0.750. The first-order valence-electron chi connectivity index (χ1n) is 4.42. The molecule has 0 aromatic carbocycles. The van der Waals surface area contributed by atoms with E-state index < -0.39 is 12.0 Å². The number of rotatable bonds is 7. The van der Waals surface area contributed by atoms with Gasteiger partial charge in [0.05, 0.1) is 0 Å². The van der Waals surface area contributed by atoms with Gasteiger partial charge in [0, 0.05) is 5.75 Å². The van der Waals surface area contributed by atoms with Crippen LogP contribution < -0.4 is 5.73 Å². The molecule has 0 heterocycles. The minimum Gasteiger partial charge on any atom is -0.480 e. The fourth-order valence-electron chi connectivity index (χ4n) is 0.776. The molecule has 0 aromatic heterocycles. The van der Waals surface area contributed by atoms with E-state index in [4.69, 9.17) is 16.0 Å². The Bertz CT molecular complexity index is 224. The van der Waals surface area contributed by atoms with Crippen LogP contribution in [0.15, 0.2) is 5.16 Å². The number of hydrogen-bond donors (Lipinski definition) is 3. The Morgan fingerprint density at radius 2 is 2.27 bits per heavy atom. The Morgan fingerprint density at radius 3 is 2.73 bits per heavy atom. The Kier molecular flexibility index (Phi) is 8.64. The molecule has 0 amide bonds. The normalized spacial score (nSPS) is 13.9. The number of nitrogens with zero attached hydrogens (tertiary/aromatic N) is 1. The predicted molar refractivity (Wildman–Crippen MR) is 64.9 cm³/mol. The van der Waals surface area contributed by atoms with E-state index >= 15 is 0 Å². The first kappa shape index (κ1) is 14.6. The maximum atomic E-state index is 10.4. The van der Waals surface area contributed by atoms with Gasteiger partial charge in [-0.1, -0.05) is 5.16 Å². The third-order valence-corrected chi connectivity index (χ3v) is 3.44. The lowest BCUT2D eigenvalue weighted by molar-refractivity contribution is -0.137. The minimum absolute atomic E-state index is 0.230. The van der Waals surface area contributed by atoms with Crippen LogP contribution in [-0.4, -0.2) is 45.1 Å². The second-order valence-electron chi connectivity index (χ2n) is 2.85. The molecular weight excluding hydrogens is 236 g/mol. The maximum absolute atomic E-state index is 10.4. The van der Waals surface area contributed by atoms with Crippen molar-refractivity contribution in [3.63, 3.8) is 0 Å². The summed E-state index contributed by atoms with van der Waals surface area (Å²) in [5.74, 6) is 0.183. The predicted octanol–water partition coefficient (Wildman–Crippen LogP) is 1.06. The Balaban J connectivity index is 3.76. The van der Waals surface area contributed by atoms with E-state index in [1.54, 1.807) is 11.8 Å². The van der Waals surface area contributed by atoms with Gasteiger partial charge >= 0.3 is 5.97 Å². The van der Waals surface area contributed by atoms with E-state index in [1.807, 2.05) is 6.26 Å². The number of carboxylic acid groups (broad SMARTS) is 1. The highest BCUT2D eigenvalue weighted by molar-refractivity contribution is 8.14. The molecule has 15 heavy (non-hydrogen) atoms. The van der Waals surface area contributed by atoms with Crippen molar-refractivity contribution < 1.29 is 15.1 Å². The van der Waals surface area contributed by atoms with Gasteiger partial charge in [0.25, 0.3) is 0 Å². The molecule has 0 bridgehead atoms. The van der Waals surface area contributed by atoms with Crippen molar-refractivity contribution in [3.8, 4) is 0 Å². The second-order valence-corrected chi connectivity index (χ2v) is 4.92. The van der Waals surface area contributed by atoms with Gasteiger partial charge in [-0.15, -0.1) is 11.8 Å². The molecule has 1 atom stereocenters. The number of nitrogens with two attached hydrogens (primary N) is 1. The number of thioether (sulfide) groups is 2. The van der Waals surface area contributed by atoms with Gasteiger partial charge in [0.2, 0.25) is 0 Å². The zero-order valence-corrected chi connectivity index (χ0v) is 10.2. The molecule has 0 aliphatic carbocycles. The van der Waals surface area contributed by atoms with E-state index in [0.717, 1.165) is 12.2 Å². The molecule has 88 valence electrons. The molecular formula is C8H16N2O3S2. The van der Waals surface area contributed by atoms with Crippen LogP contribution >= 0.6 is 23.5 Å². The highest BCUT2D eigenvalue weighted by atomic mass is 32.2. The van der Waals surface area contributed by atoms with Crippen LogP contribution in [0.4, 0.5) is 0 Å². The summed E-state index contributed by atoms with van der Waals surface area (Å²) >= 11 is 2.91. The average Bonchev–Trinajstić information content (AvgIpc) is 2.22. The summed E-state index contributed by atoms with van der Waals surface area (Å²) in [7, 11) is 0. The van der Waals surface area contributed by atoms with Gasteiger partial charge in [-0.05, 0) is 24.9 Å². The summed E-state index contributed by atoms with van der Waals surface area (Å²) in [4.78, 5) is 10.4. The first-order chi connectivity index (χ1) is 7.11. The lowest BCUT2D eigenvalue weighted by Crippen LogP contribution is -2.32. The standard InChI is InChI=1S/C8H16N2O3S2/c1-14-4-2-3-7(10-13)15-5-6(9)8(11)12/h6,13H,2-5,9H2,1H3,(H,11,12)/b10-7-/t6-/m0/s1. The molecule has 0 rings (SSSR count). The molecule has 0 aliphatic heterocycles. The van der Waals surface area contributed by atoms with Crippen LogP contribution in [0.3, 0.4) is 0 Å². The Labute approximate surface area is 97.5 Å². The minimum atomic E-state index is -1.04. The first-order valence-corrected chi connectivity index (χ1v) is 6.80. The van der Waals surface area contributed by atoms with Gasteiger partial charge in [-0.25, -0.2) is 0 Å². The quantitative estimate of drug-likeness (QED) is 0.206. The molecule has 0 aromatic rings. The van der Waals surface area contributed by atoms with Gasteiger partial charge in [0.15, 0.2) is 0 Å². The summed E-state index contributed by atoms with van der Waals surface area (Å²) in [6, 6.07) is -0.910. The zero-order valence-electron chi connectivity index (χ0n) is 8.55. The number of oxime groups is 1. The van der Waals surface area contributed by atoms with E-state index in [9.17, 15) is 4.79 Å². The zero-order chi connectivity index (χ0) is 11.7. The molecule has 7 heteroatoms. The van der Waals surface area contributed by atoms with Crippen molar-refractivity contribution in [1.29, 1.82) is 0 Å². The second kappa shape index (κ2) is 8.87. The van der Waals surface area contributed by atoms with Gasteiger partial charge in [-0.2, -0.15) is 11.8 Å². The van der Waals surface area contributed by atoms with E-state index in [-0.39, 0.29) is 5.75 Å². The van der Waals surface area contributed by atoms with Crippen molar-refractivity contribution in [2.24, 2.45) is 10.9 Å². The topological polar surface area (TPSA) is 95.9 Å². The van der Waals surface area contributed by atoms with Crippen LogP contribution in [0.1, 0.15) is 12.8 Å². The van der Waals surface area contributed by atoms with Crippen molar-refractivity contribution in [3.05, 3.63) is 0 Å². The average molecular weight is 252 g/mol. The summed E-state index contributed by atoms with van der Waals surface area (Å²) in [6.07, 6.45) is 3.58. The van der Waals surface area contributed by atoms with E-state index in [0.29, 0.717) is 11.5 Å². The van der Waals surface area contributed by atoms with Gasteiger partial charge in [-0.3, -0.25) is 4.79 Å². The molecule has 0 radical (unpaired) electrons. The third kappa shape index (κ3) is 7.52. The van der Waals surface area contributed by atoms with Gasteiger partial charge in [0.1, 0.15) is 11.1 Å². The van der Waals surface area contributed by atoms with E-state index in [2.05, 4.69) is 5.16 Å². The Morgan fingerprint density at radius 1 is 1.60 bits per heavy atom. The molecule has 0 unspecified atom stereocenters. The lowest BCUT2D eigenvalue weighted by Gasteiger charge is -2.06. The highest BCUT2D eigenvalue weighted by Gasteiger charge is 2.13. The van der Waals surface area contributed by atoms with Crippen molar-refractivity contribution in [2.75, 3.05) is 17.8 Å². The van der Waals surface area contributed by atoms with E-state index in [1.165, 1.54) is 11.8 Å². The van der Waals surface area contributed by atoms with Crippen molar-refractivity contribution in [1.82, 2.24) is 0 Å². The number of aliphatic carboxylic acids is 1. The fourth-order valence-corrected chi connectivity index (χ4v) is 2.07. The molecule has 0 saturated heterocycles. The van der Waals surface area contributed by atoms with Crippen LogP contribution in [0.25, 0.3) is 0 Å². The van der Waals surface area contributed by atoms with Gasteiger partial charge < -0.3 is 16.0 Å². The molecule has 0 aliphatic rings. The van der Waals surface area contributed by atoms with Crippen LogP contribution in [0.2, 0.25) is 0 Å². The van der Waals surface area contributed by atoms with Crippen molar-refractivity contribution >= 4 is 34.5 Å². The third-order valence-electron chi connectivity index (χ3n) is 1.60. The summed E-state index contributed by atoms with van der Waals surface area (Å²) in [6.45, 7) is 0. The SMILES string of the molecule is CSCCC/C(=N/O)SC[C@H](N)C(=O)O. The largest absolute Gasteiger partial charge is 0.480 e. The molecule has 0 fully saturated rings. The van der Waals surface area contributed by atoms with Crippen LogP contribution in [-0.2, 0) is 4.79 Å². The summed E-state index contributed by atoms with van der Waals surface area (Å²) in [5, 5.41) is 20.8. The number of carbonyl (C=O) groups is 1.